The Morgan fingerprint density at radius 1 is 0.971 bits per heavy atom. The summed E-state index contributed by atoms with van der Waals surface area (Å²) in [5, 5.41) is 4.10. The number of alkyl halides is 3. The number of aromatic nitrogens is 2. The summed E-state index contributed by atoms with van der Waals surface area (Å²) < 4.78 is 69.7. The highest BCUT2D eigenvalue weighted by Gasteiger charge is 2.42. The van der Waals surface area contributed by atoms with Crippen molar-refractivity contribution < 1.29 is 31.5 Å². The maximum atomic E-state index is 13.9. The predicted molar refractivity (Wildman–Crippen MR) is 113 cm³/mol. The van der Waals surface area contributed by atoms with Gasteiger partial charge in [0.25, 0.3) is 5.91 Å². The van der Waals surface area contributed by atoms with Gasteiger partial charge in [-0.1, -0.05) is 11.6 Å². The van der Waals surface area contributed by atoms with Crippen LogP contribution in [0.3, 0.4) is 0 Å². The summed E-state index contributed by atoms with van der Waals surface area (Å²) in [5.41, 5.74) is -2.14. The molecule has 1 saturated heterocycles. The third kappa shape index (κ3) is 4.68. The van der Waals surface area contributed by atoms with Crippen LogP contribution in [-0.4, -0.2) is 39.5 Å². The van der Waals surface area contributed by atoms with E-state index >= 15 is 0 Å². The SMILES string of the molecule is O=C(c1cc(F)ccc1F)C1CCN(C(=O)c2cnn(-c3ccc(Cl)cc3)c2C(F)(F)F)CC1. The van der Waals surface area contributed by atoms with Crippen molar-refractivity contribution in [3.05, 3.63) is 82.1 Å². The molecule has 3 aromatic rings. The molecule has 0 spiro atoms. The van der Waals surface area contributed by atoms with Gasteiger partial charge in [-0.3, -0.25) is 9.59 Å². The molecule has 1 aliphatic rings. The molecule has 2 aromatic carbocycles. The number of benzene rings is 2. The fraction of sp³-hybridized carbons (Fsp3) is 0.261. The third-order valence-electron chi connectivity index (χ3n) is 5.69. The van der Waals surface area contributed by atoms with Gasteiger partial charge in [-0.25, -0.2) is 13.5 Å². The van der Waals surface area contributed by atoms with E-state index in [1.54, 1.807) is 0 Å². The van der Waals surface area contributed by atoms with Gasteiger partial charge < -0.3 is 4.90 Å². The highest BCUT2D eigenvalue weighted by atomic mass is 35.5. The third-order valence-corrected chi connectivity index (χ3v) is 5.94. The number of halogens is 6. The fourth-order valence-corrected chi connectivity index (χ4v) is 4.10. The van der Waals surface area contributed by atoms with Crippen LogP contribution in [0.5, 0.6) is 0 Å². The fourth-order valence-electron chi connectivity index (χ4n) is 3.98. The lowest BCUT2D eigenvalue weighted by atomic mass is 9.88. The first-order chi connectivity index (χ1) is 16.1. The standard InChI is InChI=1S/C23H17ClF5N3O2/c24-14-1-4-16(5-2-14)32-21(23(27,28)29)18(12-30-32)22(34)31-9-7-13(8-10-31)20(33)17-11-15(25)3-6-19(17)26/h1-6,11-13H,7-10H2. The van der Waals surface area contributed by atoms with Crippen molar-refractivity contribution in [2.75, 3.05) is 13.1 Å². The van der Waals surface area contributed by atoms with Crippen LogP contribution in [0.25, 0.3) is 5.69 Å². The van der Waals surface area contributed by atoms with Gasteiger partial charge in [0.05, 0.1) is 23.0 Å². The van der Waals surface area contributed by atoms with Gasteiger partial charge in [-0.05, 0) is 55.3 Å². The predicted octanol–water partition coefficient (Wildman–Crippen LogP) is 5.56. The maximum absolute atomic E-state index is 13.9. The molecule has 34 heavy (non-hydrogen) atoms. The Bertz CT molecular complexity index is 1230. The number of amides is 1. The van der Waals surface area contributed by atoms with Gasteiger partial charge >= 0.3 is 6.18 Å². The van der Waals surface area contributed by atoms with Gasteiger partial charge in [0.15, 0.2) is 11.5 Å². The number of rotatable bonds is 4. The quantitative estimate of drug-likeness (QED) is 0.350. The van der Waals surface area contributed by atoms with Crippen LogP contribution in [0.4, 0.5) is 22.0 Å². The number of ketones is 1. The Morgan fingerprint density at radius 2 is 1.62 bits per heavy atom. The number of piperidine rings is 1. The second-order valence-electron chi connectivity index (χ2n) is 7.85. The maximum Gasteiger partial charge on any atom is 0.434 e. The molecule has 178 valence electrons. The van der Waals surface area contributed by atoms with Crippen molar-refractivity contribution in [3.63, 3.8) is 0 Å². The zero-order valence-electron chi connectivity index (χ0n) is 17.5. The molecular weight excluding hydrogens is 481 g/mol. The topological polar surface area (TPSA) is 55.2 Å². The number of nitrogens with zero attached hydrogens (tertiary/aromatic N) is 3. The van der Waals surface area contributed by atoms with Crippen LogP contribution in [-0.2, 0) is 6.18 Å². The first-order valence-electron chi connectivity index (χ1n) is 10.3. The van der Waals surface area contributed by atoms with Crippen molar-refractivity contribution in [1.82, 2.24) is 14.7 Å². The summed E-state index contributed by atoms with van der Waals surface area (Å²) in [6.45, 7) is -0.0365. The molecule has 0 unspecified atom stereocenters. The molecule has 11 heteroatoms. The Balaban J connectivity index is 1.54. The molecule has 1 aliphatic heterocycles. The van der Waals surface area contributed by atoms with E-state index in [1.165, 1.54) is 29.2 Å². The van der Waals surface area contributed by atoms with E-state index in [2.05, 4.69) is 5.10 Å². The minimum absolute atomic E-state index is 0.0183. The lowest BCUT2D eigenvalue weighted by Crippen LogP contribution is -2.41. The molecule has 0 radical (unpaired) electrons. The summed E-state index contributed by atoms with van der Waals surface area (Å²) >= 11 is 5.80. The minimum Gasteiger partial charge on any atom is -0.338 e. The van der Waals surface area contributed by atoms with Crippen molar-refractivity contribution in [3.8, 4) is 5.69 Å². The summed E-state index contributed by atoms with van der Waals surface area (Å²) in [6, 6.07) is 8.08. The monoisotopic (exact) mass is 497 g/mol. The largest absolute Gasteiger partial charge is 0.434 e. The highest BCUT2D eigenvalue weighted by molar-refractivity contribution is 6.30. The van der Waals surface area contributed by atoms with E-state index < -0.39 is 46.7 Å². The van der Waals surface area contributed by atoms with Crippen molar-refractivity contribution in [2.24, 2.45) is 5.92 Å². The molecule has 0 saturated carbocycles. The smallest absolute Gasteiger partial charge is 0.338 e. The van der Waals surface area contributed by atoms with E-state index in [1.807, 2.05) is 0 Å². The molecule has 2 heterocycles. The highest BCUT2D eigenvalue weighted by Crippen LogP contribution is 2.35. The number of hydrogen-bond acceptors (Lipinski definition) is 3. The summed E-state index contributed by atoms with van der Waals surface area (Å²) in [6.07, 6.45) is -3.80. The summed E-state index contributed by atoms with van der Waals surface area (Å²) in [4.78, 5) is 26.8. The summed E-state index contributed by atoms with van der Waals surface area (Å²) in [5.74, 6) is -3.77. The van der Waals surface area contributed by atoms with Gasteiger partial charge in [0.1, 0.15) is 11.6 Å². The Kier molecular flexibility index (Phi) is 6.44. The van der Waals surface area contributed by atoms with E-state index in [0.29, 0.717) is 9.70 Å². The van der Waals surface area contributed by atoms with E-state index in [0.717, 1.165) is 24.4 Å². The van der Waals surface area contributed by atoms with Crippen molar-refractivity contribution in [2.45, 2.75) is 19.0 Å². The average molecular weight is 498 g/mol. The van der Waals surface area contributed by atoms with Gasteiger partial charge in [-0.15, -0.1) is 0 Å². The van der Waals surface area contributed by atoms with Crippen LogP contribution in [0.1, 0.15) is 39.3 Å². The molecule has 0 bridgehead atoms. The summed E-state index contributed by atoms with van der Waals surface area (Å²) in [7, 11) is 0. The lowest BCUT2D eigenvalue weighted by molar-refractivity contribution is -0.143. The molecule has 0 N–H and O–H groups in total. The number of hydrogen-bond donors (Lipinski definition) is 0. The van der Waals surface area contributed by atoms with Gasteiger partial charge in [0.2, 0.25) is 0 Å². The lowest BCUT2D eigenvalue weighted by Gasteiger charge is -2.31. The molecule has 4 rings (SSSR count). The molecule has 1 fully saturated rings. The molecule has 0 atom stereocenters. The molecule has 0 aliphatic carbocycles. The van der Waals surface area contributed by atoms with Crippen LogP contribution >= 0.6 is 11.6 Å². The first-order valence-corrected chi connectivity index (χ1v) is 10.6. The second kappa shape index (κ2) is 9.17. The Morgan fingerprint density at radius 3 is 2.24 bits per heavy atom. The zero-order chi connectivity index (χ0) is 24.6. The zero-order valence-corrected chi connectivity index (χ0v) is 18.2. The molecule has 1 amide bonds. The van der Waals surface area contributed by atoms with Crippen LogP contribution in [0.2, 0.25) is 5.02 Å². The minimum atomic E-state index is -4.87. The van der Waals surface area contributed by atoms with Crippen LogP contribution in [0, 0.1) is 17.6 Å². The van der Waals surface area contributed by atoms with Gasteiger partial charge in [-0.2, -0.15) is 18.3 Å². The normalized spacial score (nSPS) is 14.9. The Labute approximate surface area is 195 Å². The Hall–Kier alpha value is -3.27. The molecule has 1 aromatic heterocycles. The molecule has 5 nitrogen and oxygen atoms in total. The van der Waals surface area contributed by atoms with E-state index in [4.69, 9.17) is 11.6 Å². The number of Topliss-reactive ketones (excluding diaryl/α,β-unsaturated/α-hetero) is 1. The molecular formula is C23H17ClF5N3O2. The number of likely N-dealkylation sites (tertiary alicyclic amines) is 1. The van der Waals surface area contributed by atoms with Gasteiger partial charge in [0, 0.05) is 24.0 Å². The van der Waals surface area contributed by atoms with E-state index in [-0.39, 0.29) is 37.2 Å². The number of carbonyl (C=O) groups excluding carboxylic acids is 2. The van der Waals surface area contributed by atoms with Crippen molar-refractivity contribution in [1.29, 1.82) is 0 Å². The van der Waals surface area contributed by atoms with Crippen molar-refractivity contribution >= 4 is 23.3 Å². The second-order valence-corrected chi connectivity index (χ2v) is 8.28. The average Bonchev–Trinajstić information content (AvgIpc) is 3.26. The van der Waals surface area contributed by atoms with Crippen LogP contribution < -0.4 is 0 Å². The van der Waals surface area contributed by atoms with Crippen LogP contribution in [0.15, 0.2) is 48.7 Å². The van der Waals surface area contributed by atoms with E-state index in [9.17, 15) is 31.5 Å². The number of carbonyl (C=O) groups is 2. The first kappa shape index (κ1) is 23.9.